The number of benzene rings is 2. The van der Waals surface area contributed by atoms with Crippen molar-refractivity contribution in [2.75, 3.05) is 10.6 Å². The molecule has 2 N–H and O–H groups in total. The van der Waals surface area contributed by atoms with Gasteiger partial charge >= 0.3 is 0 Å². The number of carbonyl (C=O) groups excluding carboxylic acids is 1. The zero-order valence-corrected chi connectivity index (χ0v) is 12.9. The maximum atomic E-state index is 12.6. The molecule has 2 aromatic carbocycles. The largest absolute Gasteiger partial charge is 0.478 e. The maximum absolute atomic E-state index is 12.6. The molecule has 1 atom stereocenters. The topological polar surface area (TPSA) is 55.6 Å². The number of anilines is 2. The summed E-state index contributed by atoms with van der Waals surface area (Å²) in [6.07, 6.45) is 0.192. The summed E-state index contributed by atoms with van der Waals surface area (Å²) in [6, 6.07) is 13.6. The average molecular weight is 296 g/mol. The predicted molar refractivity (Wildman–Crippen MR) is 87.9 cm³/mol. The molecule has 3 rings (SSSR count). The van der Waals surface area contributed by atoms with Crippen molar-refractivity contribution in [1.29, 1.82) is 0 Å². The highest BCUT2D eigenvalue weighted by molar-refractivity contribution is 6.00. The SMILES string of the molecule is CCC1Oc2cc(N)ccc2N(Cc2ccc(C)cc2)C1=O. The van der Waals surface area contributed by atoms with Gasteiger partial charge < -0.3 is 15.4 Å². The van der Waals surface area contributed by atoms with Crippen LogP contribution in [0.4, 0.5) is 11.4 Å². The minimum atomic E-state index is -0.445. The van der Waals surface area contributed by atoms with Crippen molar-refractivity contribution in [1.82, 2.24) is 0 Å². The van der Waals surface area contributed by atoms with E-state index in [1.54, 1.807) is 17.0 Å². The van der Waals surface area contributed by atoms with Crippen LogP contribution in [-0.4, -0.2) is 12.0 Å². The maximum Gasteiger partial charge on any atom is 0.268 e. The van der Waals surface area contributed by atoms with Crippen LogP contribution in [0.2, 0.25) is 0 Å². The van der Waals surface area contributed by atoms with Crippen molar-refractivity contribution in [2.24, 2.45) is 0 Å². The number of nitrogens with two attached hydrogens (primary N) is 1. The number of rotatable bonds is 3. The van der Waals surface area contributed by atoms with E-state index >= 15 is 0 Å². The molecule has 0 aromatic heterocycles. The van der Waals surface area contributed by atoms with Crippen molar-refractivity contribution in [2.45, 2.75) is 32.9 Å². The molecule has 4 nitrogen and oxygen atoms in total. The average Bonchev–Trinajstić information content (AvgIpc) is 2.51. The van der Waals surface area contributed by atoms with Gasteiger partial charge in [0.15, 0.2) is 6.10 Å². The Hall–Kier alpha value is -2.49. The highest BCUT2D eigenvalue weighted by Crippen LogP contribution is 2.37. The number of carbonyl (C=O) groups is 1. The van der Waals surface area contributed by atoms with Gasteiger partial charge in [-0.2, -0.15) is 0 Å². The van der Waals surface area contributed by atoms with E-state index in [1.807, 2.05) is 13.0 Å². The summed E-state index contributed by atoms with van der Waals surface area (Å²) in [5, 5.41) is 0. The predicted octanol–water partition coefficient (Wildman–Crippen LogP) is 3.28. The van der Waals surface area contributed by atoms with Gasteiger partial charge in [-0.3, -0.25) is 4.79 Å². The van der Waals surface area contributed by atoms with Crippen LogP contribution in [-0.2, 0) is 11.3 Å². The fourth-order valence-electron chi connectivity index (χ4n) is 2.64. The Morgan fingerprint density at radius 2 is 1.91 bits per heavy atom. The van der Waals surface area contributed by atoms with Crippen molar-refractivity contribution in [3.63, 3.8) is 0 Å². The van der Waals surface area contributed by atoms with Crippen LogP contribution >= 0.6 is 0 Å². The van der Waals surface area contributed by atoms with Gasteiger partial charge in [-0.15, -0.1) is 0 Å². The van der Waals surface area contributed by atoms with E-state index < -0.39 is 6.10 Å². The van der Waals surface area contributed by atoms with Gasteiger partial charge in [0, 0.05) is 11.8 Å². The third-order valence-corrected chi connectivity index (χ3v) is 3.92. The first-order chi connectivity index (χ1) is 10.6. The molecule has 0 fully saturated rings. The molecule has 22 heavy (non-hydrogen) atoms. The molecule has 0 bridgehead atoms. The summed E-state index contributed by atoms with van der Waals surface area (Å²) in [6.45, 7) is 4.54. The lowest BCUT2D eigenvalue weighted by molar-refractivity contribution is -0.126. The highest BCUT2D eigenvalue weighted by atomic mass is 16.5. The number of hydrogen-bond acceptors (Lipinski definition) is 3. The van der Waals surface area contributed by atoms with Gasteiger partial charge in [-0.05, 0) is 31.0 Å². The Kier molecular flexibility index (Phi) is 3.75. The lowest BCUT2D eigenvalue weighted by Gasteiger charge is -2.34. The molecular formula is C18H20N2O2. The van der Waals surface area contributed by atoms with Crippen LogP contribution in [0.5, 0.6) is 5.75 Å². The molecule has 0 saturated carbocycles. The monoisotopic (exact) mass is 296 g/mol. The number of nitrogen functional groups attached to an aromatic ring is 1. The summed E-state index contributed by atoms with van der Waals surface area (Å²) in [4.78, 5) is 14.4. The lowest BCUT2D eigenvalue weighted by Crippen LogP contribution is -2.45. The van der Waals surface area contributed by atoms with Crippen LogP contribution in [0.3, 0.4) is 0 Å². The molecule has 1 heterocycles. The van der Waals surface area contributed by atoms with Gasteiger partial charge in [-0.25, -0.2) is 0 Å². The summed E-state index contributed by atoms with van der Waals surface area (Å²) < 4.78 is 5.79. The zero-order valence-electron chi connectivity index (χ0n) is 12.9. The van der Waals surface area contributed by atoms with Crippen molar-refractivity contribution in [3.05, 3.63) is 53.6 Å². The van der Waals surface area contributed by atoms with Crippen LogP contribution in [0.15, 0.2) is 42.5 Å². The van der Waals surface area contributed by atoms with Crippen molar-refractivity contribution < 1.29 is 9.53 Å². The van der Waals surface area contributed by atoms with Gasteiger partial charge in [0.05, 0.1) is 12.2 Å². The van der Waals surface area contributed by atoms with Crippen LogP contribution < -0.4 is 15.4 Å². The number of ether oxygens (including phenoxy) is 1. The molecular weight excluding hydrogens is 276 g/mol. The number of amides is 1. The Morgan fingerprint density at radius 3 is 2.59 bits per heavy atom. The second-order valence-corrected chi connectivity index (χ2v) is 5.65. The fourth-order valence-corrected chi connectivity index (χ4v) is 2.64. The van der Waals surface area contributed by atoms with Gasteiger partial charge in [0.1, 0.15) is 5.75 Å². The molecule has 1 aliphatic heterocycles. The van der Waals surface area contributed by atoms with E-state index in [2.05, 4.69) is 31.2 Å². The Labute approximate surface area is 130 Å². The number of aryl methyl sites for hydroxylation is 1. The van der Waals surface area contributed by atoms with Gasteiger partial charge in [0.2, 0.25) is 0 Å². The highest BCUT2D eigenvalue weighted by Gasteiger charge is 2.33. The minimum Gasteiger partial charge on any atom is -0.478 e. The van der Waals surface area contributed by atoms with Gasteiger partial charge in [-0.1, -0.05) is 36.8 Å². The smallest absolute Gasteiger partial charge is 0.268 e. The lowest BCUT2D eigenvalue weighted by atomic mass is 10.1. The van der Waals surface area contributed by atoms with Gasteiger partial charge in [0.25, 0.3) is 5.91 Å². The van der Waals surface area contributed by atoms with Crippen LogP contribution in [0.1, 0.15) is 24.5 Å². The van der Waals surface area contributed by atoms with E-state index in [0.717, 1.165) is 11.3 Å². The Morgan fingerprint density at radius 1 is 1.18 bits per heavy atom. The second kappa shape index (κ2) is 5.72. The molecule has 1 unspecified atom stereocenters. The molecule has 1 aliphatic rings. The van der Waals surface area contributed by atoms with Crippen molar-refractivity contribution >= 4 is 17.3 Å². The Bertz CT molecular complexity index is 695. The minimum absolute atomic E-state index is 0.000321. The molecule has 114 valence electrons. The van der Waals surface area contributed by atoms with E-state index in [4.69, 9.17) is 10.5 Å². The molecule has 0 saturated heterocycles. The summed E-state index contributed by atoms with van der Waals surface area (Å²) in [7, 11) is 0. The molecule has 1 amide bonds. The zero-order chi connectivity index (χ0) is 15.7. The van der Waals surface area contributed by atoms with E-state index in [9.17, 15) is 4.79 Å². The molecule has 4 heteroatoms. The number of nitrogens with zero attached hydrogens (tertiary/aromatic N) is 1. The first-order valence-corrected chi connectivity index (χ1v) is 7.51. The third-order valence-electron chi connectivity index (χ3n) is 3.92. The van der Waals surface area contributed by atoms with E-state index in [0.29, 0.717) is 24.4 Å². The fraction of sp³-hybridized carbons (Fsp3) is 0.278. The molecule has 0 spiro atoms. The van der Waals surface area contributed by atoms with Crippen LogP contribution in [0.25, 0.3) is 0 Å². The Balaban J connectivity index is 1.97. The first-order valence-electron chi connectivity index (χ1n) is 7.51. The van der Waals surface area contributed by atoms with Crippen molar-refractivity contribution in [3.8, 4) is 5.75 Å². The first kappa shape index (κ1) is 14.4. The number of fused-ring (bicyclic) bond motifs is 1. The normalized spacial score (nSPS) is 17.1. The number of hydrogen-bond donors (Lipinski definition) is 1. The quantitative estimate of drug-likeness (QED) is 0.884. The molecule has 0 radical (unpaired) electrons. The summed E-state index contributed by atoms with van der Waals surface area (Å²) in [5.41, 5.74) is 9.55. The summed E-state index contributed by atoms with van der Waals surface area (Å²) in [5.74, 6) is 0.680. The second-order valence-electron chi connectivity index (χ2n) is 5.65. The molecule has 2 aromatic rings. The van der Waals surface area contributed by atoms with E-state index in [-0.39, 0.29) is 5.91 Å². The third kappa shape index (κ3) is 2.64. The standard InChI is InChI=1S/C18H20N2O2/c1-3-16-18(21)20(11-13-6-4-12(2)5-7-13)15-9-8-14(19)10-17(15)22-16/h4-10,16H,3,11,19H2,1-2H3. The van der Waals surface area contributed by atoms with E-state index in [1.165, 1.54) is 5.56 Å². The summed E-state index contributed by atoms with van der Waals surface area (Å²) >= 11 is 0. The molecule has 0 aliphatic carbocycles. The van der Waals surface area contributed by atoms with Crippen LogP contribution in [0, 0.1) is 6.92 Å².